The lowest BCUT2D eigenvalue weighted by Gasteiger charge is -2.30. The van der Waals surface area contributed by atoms with Crippen LogP contribution < -0.4 is 0 Å². The first-order valence-corrected chi connectivity index (χ1v) is 6.42. The topological polar surface area (TPSA) is 71.1 Å². The highest BCUT2D eigenvalue weighted by atomic mass is 16.5. The molecule has 0 radical (unpaired) electrons. The number of carbonyl (C=O) groups excluding carboxylic acids is 1. The van der Waals surface area contributed by atoms with E-state index < -0.39 is 0 Å². The predicted molar refractivity (Wildman–Crippen MR) is 68.4 cm³/mol. The number of carbonyl (C=O) groups is 1. The summed E-state index contributed by atoms with van der Waals surface area (Å²) in [6.45, 7) is 7.21. The summed E-state index contributed by atoms with van der Waals surface area (Å²) in [5.41, 5.74) is 0. The van der Waals surface area contributed by atoms with Crippen LogP contribution in [0.5, 0.6) is 0 Å². The lowest BCUT2D eigenvalue weighted by molar-refractivity contribution is 0.0344. The fourth-order valence-corrected chi connectivity index (χ4v) is 1.87. The molecule has 2 heterocycles. The fraction of sp³-hybridized carbons (Fsp3) is 0.750. The smallest absolute Gasteiger partial charge is 0.293 e. The van der Waals surface area contributed by atoms with Gasteiger partial charge in [-0.15, -0.1) is 5.10 Å². The van der Waals surface area contributed by atoms with Crippen LogP contribution >= 0.6 is 0 Å². The highest BCUT2D eigenvalue weighted by Gasteiger charge is 2.25. The summed E-state index contributed by atoms with van der Waals surface area (Å²) in [6, 6.07) is 0. The van der Waals surface area contributed by atoms with E-state index in [-0.39, 0.29) is 17.8 Å². The standard InChI is InChI=1S/C10H16N4O2.C2H6/c1-7-11-9(13-12-7)10(15)14-5-3-8(16-2)4-6-14;1-2/h8H,3-6H2,1-2H3,(H,11,12,13);1-2H3. The minimum absolute atomic E-state index is 0.0982. The zero-order valence-electron chi connectivity index (χ0n) is 11.6. The van der Waals surface area contributed by atoms with E-state index in [1.54, 1.807) is 18.9 Å². The van der Waals surface area contributed by atoms with Crippen LogP contribution in [0.3, 0.4) is 0 Å². The molecule has 1 fully saturated rings. The van der Waals surface area contributed by atoms with Crippen LogP contribution in [0.15, 0.2) is 0 Å². The zero-order chi connectivity index (χ0) is 13.5. The molecule has 1 aromatic rings. The SMILES string of the molecule is CC.COC1CCN(C(=O)c2n[nH]c(C)n2)CC1. The molecule has 0 unspecified atom stereocenters. The van der Waals surface area contributed by atoms with Crippen molar-refractivity contribution in [2.24, 2.45) is 0 Å². The van der Waals surface area contributed by atoms with E-state index >= 15 is 0 Å². The number of likely N-dealkylation sites (tertiary alicyclic amines) is 1. The second-order valence-electron chi connectivity index (χ2n) is 3.97. The van der Waals surface area contributed by atoms with Gasteiger partial charge in [0.2, 0.25) is 5.82 Å². The van der Waals surface area contributed by atoms with Crippen molar-refractivity contribution in [3.8, 4) is 0 Å². The number of H-pyrrole nitrogens is 1. The average Bonchev–Trinajstić information content (AvgIpc) is 2.87. The molecule has 1 N–H and O–H groups in total. The van der Waals surface area contributed by atoms with Crippen molar-refractivity contribution < 1.29 is 9.53 Å². The lowest BCUT2D eigenvalue weighted by Crippen LogP contribution is -2.41. The Labute approximate surface area is 108 Å². The van der Waals surface area contributed by atoms with Gasteiger partial charge in [-0.1, -0.05) is 13.8 Å². The van der Waals surface area contributed by atoms with Gasteiger partial charge in [0.1, 0.15) is 5.82 Å². The number of methoxy groups -OCH3 is 1. The van der Waals surface area contributed by atoms with Gasteiger partial charge >= 0.3 is 0 Å². The van der Waals surface area contributed by atoms with Gasteiger partial charge in [0.25, 0.3) is 5.91 Å². The number of aryl methyl sites for hydroxylation is 1. The normalized spacial score (nSPS) is 16.1. The second-order valence-corrected chi connectivity index (χ2v) is 3.97. The van der Waals surface area contributed by atoms with Crippen molar-refractivity contribution in [3.05, 3.63) is 11.6 Å². The Balaban J connectivity index is 0.000000771. The van der Waals surface area contributed by atoms with E-state index in [2.05, 4.69) is 15.2 Å². The van der Waals surface area contributed by atoms with Crippen molar-refractivity contribution >= 4 is 5.91 Å². The number of aromatic amines is 1. The first-order valence-electron chi connectivity index (χ1n) is 6.42. The number of amides is 1. The Morgan fingerprint density at radius 3 is 2.44 bits per heavy atom. The summed E-state index contributed by atoms with van der Waals surface area (Å²) < 4.78 is 5.25. The summed E-state index contributed by atoms with van der Waals surface area (Å²) in [4.78, 5) is 17.8. The summed E-state index contributed by atoms with van der Waals surface area (Å²) in [6.07, 6.45) is 2.04. The Morgan fingerprint density at radius 1 is 1.39 bits per heavy atom. The largest absolute Gasteiger partial charge is 0.381 e. The maximum Gasteiger partial charge on any atom is 0.293 e. The van der Waals surface area contributed by atoms with Crippen LogP contribution in [0.2, 0.25) is 0 Å². The summed E-state index contributed by atoms with van der Waals surface area (Å²) in [5, 5.41) is 6.55. The molecular formula is C12H22N4O2. The van der Waals surface area contributed by atoms with Crippen LogP contribution in [-0.4, -0.2) is 52.3 Å². The fourth-order valence-electron chi connectivity index (χ4n) is 1.87. The van der Waals surface area contributed by atoms with Gasteiger partial charge in [-0.2, -0.15) is 0 Å². The Kier molecular flexibility index (Phi) is 5.77. The first-order chi connectivity index (χ1) is 8.70. The van der Waals surface area contributed by atoms with Gasteiger partial charge in [-0.05, 0) is 19.8 Å². The molecule has 2 rings (SSSR count). The molecule has 1 saturated heterocycles. The highest BCUT2D eigenvalue weighted by molar-refractivity contribution is 5.90. The molecule has 1 aliphatic rings. The van der Waals surface area contributed by atoms with Gasteiger partial charge in [-0.25, -0.2) is 4.98 Å². The van der Waals surface area contributed by atoms with Gasteiger partial charge in [-0.3, -0.25) is 9.89 Å². The van der Waals surface area contributed by atoms with E-state index in [9.17, 15) is 4.79 Å². The number of rotatable bonds is 2. The van der Waals surface area contributed by atoms with E-state index in [1.165, 1.54) is 0 Å². The van der Waals surface area contributed by atoms with E-state index in [0.29, 0.717) is 18.9 Å². The van der Waals surface area contributed by atoms with Crippen molar-refractivity contribution in [2.45, 2.75) is 39.7 Å². The molecule has 6 nitrogen and oxygen atoms in total. The summed E-state index contributed by atoms with van der Waals surface area (Å²) in [5.74, 6) is 0.822. The number of hydrogen-bond donors (Lipinski definition) is 1. The number of nitrogens with zero attached hydrogens (tertiary/aromatic N) is 3. The molecule has 6 heteroatoms. The summed E-state index contributed by atoms with van der Waals surface area (Å²) in [7, 11) is 1.71. The minimum atomic E-state index is -0.0982. The number of piperidine rings is 1. The van der Waals surface area contributed by atoms with Crippen molar-refractivity contribution in [3.63, 3.8) is 0 Å². The number of nitrogens with one attached hydrogen (secondary N) is 1. The van der Waals surface area contributed by atoms with E-state index in [0.717, 1.165) is 12.8 Å². The number of aromatic nitrogens is 3. The first kappa shape index (κ1) is 14.6. The van der Waals surface area contributed by atoms with Crippen LogP contribution in [0.25, 0.3) is 0 Å². The summed E-state index contributed by atoms with van der Waals surface area (Å²) >= 11 is 0. The van der Waals surface area contributed by atoms with E-state index in [4.69, 9.17) is 4.74 Å². The zero-order valence-corrected chi connectivity index (χ0v) is 11.6. The predicted octanol–water partition coefficient (Wildman–Crippen LogP) is 1.39. The highest BCUT2D eigenvalue weighted by Crippen LogP contribution is 2.14. The molecule has 0 atom stereocenters. The number of ether oxygens (including phenoxy) is 1. The van der Waals surface area contributed by atoms with Crippen LogP contribution in [0, 0.1) is 6.92 Å². The molecule has 0 aliphatic carbocycles. The van der Waals surface area contributed by atoms with Gasteiger partial charge in [0.15, 0.2) is 0 Å². The van der Waals surface area contributed by atoms with E-state index in [1.807, 2.05) is 13.8 Å². The molecule has 18 heavy (non-hydrogen) atoms. The number of hydrogen-bond acceptors (Lipinski definition) is 4. The van der Waals surface area contributed by atoms with Gasteiger partial charge < -0.3 is 9.64 Å². The molecule has 0 aromatic carbocycles. The van der Waals surface area contributed by atoms with Crippen molar-refractivity contribution in [1.82, 2.24) is 20.1 Å². The van der Waals surface area contributed by atoms with Crippen LogP contribution in [0.1, 0.15) is 43.1 Å². The van der Waals surface area contributed by atoms with Gasteiger partial charge in [0, 0.05) is 20.2 Å². The Bertz CT molecular complexity index is 370. The van der Waals surface area contributed by atoms with Crippen LogP contribution in [-0.2, 0) is 4.74 Å². The monoisotopic (exact) mass is 254 g/mol. The third kappa shape index (κ3) is 3.53. The molecule has 0 saturated carbocycles. The molecule has 1 aromatic heterocycles. The molecule has 102 valence electrons. The third-order valence-electron chi connectivity index (χ3n) is 2.85. The Hall–Kier alpha value is -1.43. The maximum atomic E-state index is 11.9. The van der Waals surface area contributed by atoms with Crippen molar-refractivity contribution in [1.29, 1.82) is 0 Å². The van der Waals surface area contributed by atoms with Crippen LogP contribution in [0.4, 0.5) is 0 Å². The molecule has 0 spiro atoms. The molecular weight excluding hydrogens is 232 g/mol. The molecule has 1 amide bonds. The average molecular weight is 254 g/mol. The molecule has 0 bridgehead atoms. The van der Waals surface area contributed by atoms with Crippen molar-refractivity contribution in [2.75, 3.05) is 20.2 Å². The molecule has 1 aliphatic heterocycles. The lowest BCUT2D eigenvalue weighted by atomic mass is 10.1. The minimum Gasteiger partial charge on any atom is -0.381 e. The quantitative estimate of drug-likeness (QED) is 0.865. The second kappa shape index (κ2) is 7.10. The maximum absolute atomic E-state index is 11.9. The third-order valence-corrected chi connectivity index (χ3v) is 2.85. The van der Waals surface area contributed by atoms with Gasteiger partial charge in [0.05, 0.1) is 6.10 Å². The Morgan fingerprint density at radius 2 is 2.00 bits per heavy atom.